The van der Waals surface area contributed by atoms with E-state index in [0.29, 0.717) is 15.9 Å². The molecule has 1 aromatic carbocycles. The van der Waals surface area contributed by atoms with Gasteiger partial charge in [-0.25, -0.2) is 0 Å². The molecule has 0 radical (unpaired) electrons. The van der Waals surface area contributed by atoms with E-state index in [-0.39, 0.29) is 5.91 Å². The summed E-state index contributed by atoms with van der Waals surface area (Å²) in [5.74, 6) is -0.238. The minimum atomic E-state index is -0.238. The molecule has 0 bridgehead atoms. The molecule has 0 aliphatic heterocycles. The normalized spacial score (nSPS) is 10.3. The van der Waals surface area contributed by atoms with Gasteiger partial charge in [0.1, 0.15) is 0 Å². The number of carbonyl (C=O) groups is 1. The van der Waals surface area contributed by atoms with Crippen molar-refractivity contribution in [1.82, 2.24) is 0 Å². The zero-order valence-corrected chi connectivity index (χ0v) is 13.1. The van der Waals surface area contributed by atoms with Crippen LogP contribution in [0.1, 0.15) is 10.4 Å². The summed E-state index contributed by atoms with van der Waals surface area (Å²) in [5, 5.41) is 2.80. The Balaban J connectivity index is 2.28. The van der Waals surface area contributed by atoms with Crippen molar-refractivity contribution >= 4 is 59.4 Å². The summed E-state index contributed by atoms with van der Waals surface area (Å²) in [6, 6.07) is 7.18. The summed E-state index contributed by atoms with van der Waals surface area (Å²) < 4.78 is 7.04. The molecular formula is C11H6Br3NO2. The number of amides is 1. The second kappa shape index (κ2) is 5.37. The maximum absolute atomic E-state index is 12.0. The van der Waals surface area contributed by atoms with Gasteiger partial charge in [0.15, 0.2) is 4.67 Å². The van der Waals surface area contributed by atoms with Gasteiger partial charge in [-0.1, -0.05) is 6.07 Å². The molecule has 0 spiro atoms. The molecule has 2 rings (SSSR count). The molecule has 1 amide bonds. The fourth-order valence-electron chi connectivity index (χ4n) is 1.25. The van der Waals surface area contributed by atoms with Gasteiger partial charge in [-0.2, -0.15) is 0 Å². The van der Waals surface area contributed by atoms with Crippen LogP contribution < -0.4 is 5.32 Å². The molecule has 3 nitrogen and oxygen atoms in total. The lowest BCUT2D eigenvalue weighted by Crippen LogP contribution is -2.12. The summed E-state index contributed by atoms with van der Waals surface area (Å²) in [4.78, 5) is 12.0. The predicted octanol–water partition coefficient (Wildman–Crippen LogP) is 4.82. The maximum atomic E-state index is 12.0. The molecule has 0 saturated carbocycles. The highest BCUT2D eigenvalue weighted by molar-refractivity contribution is 9.11. The highest BCUT2D eigenvalue weighted by Gasteiger charge is 2.15. The Hall–Kier alpha value is -0.590. The van der Waals surface area contributed by atoms with Crippen LogP contribution in [0.25, 0.3) is 0 Å². The lowest BCUT2D eigenvalue weighted by molar-refractivity contribution is 0.102. The standard InChI is InChI=1S/C11H6Br3NO2/c12-7-2-1-3-8(13)9(7)15-11(16)6-4-5-17-10(6)14/h1-5H,(H,15,16). The molecule has 0 fully saturated rings. The van der Waals surface area contributed by atoms with Crippen LogP contribution >= 0.6 is 47.8 Å². The van der Waals surface area contributed by atoms with Gasteiger partial charge in [-0.15, -0.1) is 0 Å². The van der Waals surface area contributed by atoms with Crippen LogP contribution in [0.4, 0.5) is 5.69 Å². The first kappa shape index (κ1) is 12.9. The minimum Gasteiger partial charge on any atom is -0.457 e. The number of rotatable bonds is 2. The van der Waals surface area contributed by atoms with E-state index in [4.69, 9.17) is 4.42 Å². The molecule has 1 N–H and O–H groups in total. The quantitative estimate of drug-likeness (QED) is 0.752. The van der Waals surface area contributed by atoms with Crippen molar-refractivity contribution in [2.45, 2.75) is 0 Å². The van der Waals surface area contributed by atoms with Gasteiger partial charge in [0.25, 0.3) is 5.91 Å². The lowest BCUT2D eigenvalue weighted by Gasteiger charge is -2.08. The van der Waals surface area contributed by atoms with E-state index in [1.54, 1.807) is 6.07 Å². The highest BCUT2D eigenvalue weighted by Crippen LogP contribution is 2.31. The number of furan rings is 1. The first-order valence-electron chi connectivity index (χ1n) is 4.58. The first-order chi connectivity index (χ1) is 8.09. The number of hydrogen-bond acceptors (Lipinski definition) is 2. The summed E-state index contributed by atoms with van der Waals surface area (Å²) in [6.07, 6.45) is 1.45. The largest absolute Gasteiger partial charge is 0.457 e. The molecule has 0 saturated heterocycles. The van der Waals surface area contributed by atoms with Crippen molar-refractivity contribution in [2.24, 2.45) is 0 Å². The summed E-state index contributed by atoms with van der Waals surface area (Å²) in [7, 11) is 0. The smallest absolute Gasteiger partial charge is 0.260 e. The molecule has 17 heavy (non-hydrogen) atoms. The zero-order chi connectivity index (χ0) is 12.4. The molecule has 0 aliphatic carbocycles. The van der Waals surface area contributed by atoms with Crippen LogP contribution in [0.2, 0.25) is 0 Å². The second-order valence-corrected chi connectivity index (χ2v) is 5.59. The van der Waals surface area contributed by atoms with Crippen molar-refractivity contribution in [3.8, 4) is 0 Å². The van der Waals surface area contributed by atoms with Crippen molar-refractivity contribution in [2.75, 3.05) is 5.32 Å². The summed E-state index contributed by atoms with van der Waals surface area (Å²) in [5.41, 5.74) is 1.14. The molecular weight excluding hydrogens is 418 g/mol. The number of benzene rings is 1. The Bertz CT molecular complexity index is 545. The predicted molar refractivity (Wildman–Crippen MR) is 76.2 cm³/mol. The number of anilines is 1. The van der Waals surface area contributed by atoms with Crippen LogP contribution in [0.3, 0.4) is 0 Å². The van der Waals surface area contributed by atoms with Crippen LogP contribution in [0, 0.1) is 0 Å². The molecule has 88 valence electrons. The molecule has 0 aliphatic rings. The van der Waals surface area contributed by atoms with E-state index in [9.17, 15) is 4.79 Å². The number of nitrogens with one attached hydrogen (secondary N) is 1. The van der Waals surface area contributed by atoms with Gasteiger partial charge >= 0.3 is 0 Å². The SMILES string of the molecule is O=C(Nc1c(Br)cccc1Br)c1ccoc1Br. The van der Waals surface area contributed by atoms with E-state index in [0.717, 1.165) is 8.95 Å². The monoisotopic (exact) mass is 421 g/mol. The molecule has 1 heterocycles. The minimum absolute atomic E-state index is 0.238. The van der Waals surface area contributed by atoms with Gasteiger partial charge in [0, 0.05) is 8.95 Å². The van der Waals surface area contributed by atoms with E-state index in [1.165, 1.54) is 6.26 Å². The van der Waals surface area contributed by atoms with Gasteiger partial charge in [-0.3, -0.25) is 4.79 Å². The van der Waals surface area contributed by atoms with Gasteiger partial charge in [0.05, 0.1) is 17.5 Å². The number of halogens is 3. The van der Waals surface area contributed by atoms with Crippen molar-refractivity contribution in [3.05, 3.63) is 49.7 Å². The molecule has 6 heteroatoms. The zero-order valence-electron chi connectivity index (χ0n) is 8.34. The average molecular weight is 424 g/mol. The van der Waals surface area contributed by atoms with Crippen molar-refractivity contribution in [3.63, 3.8) is 0 Å². The van der Waals surface area contributed by atoms with E-state index in [2.05, 4.69) is 53.1 Å². The fraction of sp³-hybridized carbons (Fsp3) is 0. The molecule has 1 aromatic heterocycles. The maximum Gasteiger partial charge on any atom is 0.260 e. The molecule has 0 unspecified atom stereocenters. The molecule has 2 aromatic rings. The van der Waals surface area contributed by atoms with E-state index >= 15 is 0 Å². The third-order valence-corrected chi connectivity index (χ3v) is 4.00. The van der Waals surface area contributed by atoms with Crippen LogP contribution in [-0.2, 0) is 0 Å². The lowest BCUT2D eigenvalue weighted by atomic mass is 10.3. The Morgan fingerprint density at radius 3 is 2.29 bits per heavy atom. The third-order valence-electron chi connectivity index (χ3n) is 2.06. The van der Waals surface area contributed by atoms with E-state index < -0.39 is 0 Å². The first-order valence-corrected chi connectivity index (χ1v) is 6.96. The Labute approximate surface area is 123 Å². The van der Waals surface area contributed by atoms with Gasteiger partial charge in [0.2, 0.25) is 0 Å². The average Bonchev–Trinajstić information content (AvgIpc) is 2.70. The second-order valence-electron chi connectivity index (χ2n) is 3.16. The third kappa shape index (κ3) is 2.81. The fourth-order valence-corrected chi connectivity index (χ4v) is 2.87. The topological polar surface area (TPSA) is 42.2 Å². The number of carbonyl (C=O) groups excluding carboxylic acids is 1. The van der Waals surface area contributed by atoms with Crippen LogP contribution in [0.15, 0.2) is 48.6 Å². The number of hydrogen-bond donors (Lipinski definition) is 1. The Morgan fingerprint density at radius 1 is 1.12 bits per heavy atom. The van der Waals surface area contributed by atoms with E-state index in [1.807, 2.05) is 18.2 Å². The van der Waals surface area contributed by atoms with Crippen LogP contribution in [0.5, 0.6) is 0 Å². The van der Waals surface area contributed by atoms with Crippen molar-refractivity contribution in [1.29, 1.82) is 0 Å². The summed E-state index contributed by atoms with van der Waals surface area (Å²) in [6.45, 7) is 0. The Kier molecular flexibility index (Phi) is 4.06. The van der Waals surface area contributed by atoms with Gasteiger partial charge in [-0.05, 0) is 66.0 Å². The van der Waals surface area contributed by atoms with Gasteiger partial charge < -0.3 is 9.73 Å². The number of para-hydroxylation sites is 1. The molecule has 0 atom stereocenters. The Morgan fingerprint density at radius 2 is 1.76 bits per heavy atom. The van der Waals surface area contributed by atoms with Crippen molar-refractivity contribution < 1.29 is 9.21 Å². The van der Waals surface area contributed by atoms with Crippen LogP contribution in [-0.4, -0.2) is 5.91 Å². The summed E-state index contributed by atoms with van der Waals surface area (Å²) >= 11 is 9.92. The highest BCUT2D eigenvalue weighted by atomic mass is 79.9.